The Morgan fingerprint density at radius 3 is 2.42 bits per heavy atom. The number of hydrogen-bond donors (Lipinski definition) is 1. The molecule has 0 aliphatic carbocycles. The van der Waals surface area contributed by atoms with Gasteiger partial charge in [0.05, 0.1) is 31.4 Å². The lowest BCUT2D eigenvalue weighted by Crippen LogP contribution is -2.21. The number of halogens is 3. The van der Waals surface area contributed by atoms with Crippen LogP contribution in [-0.4, -0.2) is 35.5 Å². The standard InChI is InChI=1S/C34H29FI2N4O4/c1-19(2)25-16-26(20(3)13-30(25)44-4)33-40-29-8-6-5-7-24(29)34(43)41(33)38-17-21-14-27(36)32(28(37)15-21)45-18-31(42)39-23-11-9-22(35)10-12-23/h5-17,19H,18H2,1-4H3,(H,39,42). The summed E-state index contributed by atoms with van der Waals surface area (Å²) in [6.45, 7) is 5.91. The van der Waals surface area contributed by atoms with E-state index >= 15 is 0 Å². The van der Waals surface area contributed by atoms with Gasteiger partial charge in [0, 0.05) is 11.3 Å². The quantitative estimate of drug-likeness (QED) is 0.121. The molecule has 0 fully saturated rings. The molecule has 0 radical (unpaired) electrons. The third-order valence-corrected chi connectivity index (χ3v) is 8.61. The highest BCUT2D eigenvalue weighted by atomic mass is 127. The van der Waals surface area contributed by atoms with Crippen molar-refractivity contribution in [3.05, 3.63) is 113 Å². The van der Waals surface area contributed by atoms with Crippen LogP contribution < -0.4 is 20.3 Å². The Balaban J connectivity index is 1.48. The van der Waals surface area contributed by atoms with Gasteiger partial charge < -0.3 is 14.8 Å². The first-order valence-corrected chi connectivity index (χ1v) is 16.1. The van der Waals surface area contributed by atoms with E-state index in [1.807, 2.05) is 43.3 Å². The number of fused-ring (bicyclic) bond motifs is 1. The SMILES string of the molecule is COc1cc(C)c(-c2nc3ccccc3c(=O)n2N=Cc2cc(I)c(OCC(=O)Nc3ccc(F)cc3)c(I)c2)cc1C(C)C. The molecule has 8 nitrogen and oxygen atoms in total. The number of anilines is 1. The summed E-state index contributed by atoms with van der Waals surface area (Å²) in [6.07, 6.45) is 1.61. The Bertz CT molecular complexity index is 1970. The fraction of sp³-hybridized carbons (Fsp3) is 0.176. The maximum absolute atomic E-state index is 13.8. The molecular weight excluding hydrogens is 801 g/mol. The zero-order valence-electron chi connectivity index (χ0n) is 24.9. The highest BCUT2D eigenvalue weighted by Crippen LogP contribution is 2.34. The zero-order valence-corrected chi connectivity index (χ0v) is 29.2. The number of nitrogens with one attached hydrogen (secondary N) is 1. The molecule has 4 aromatic carbocycles. The number of methoxy groups -OCH3 is 1. The number of ether oxygens (including phenoxy) is 2. The fourth-order valence-corrected chi connectivity index (χ4v) is 6.88. The highest BCUT2D eigenvalue weighted by molar-refractivity contribution is 14.1. The number of hydrogen-bond acceptors (Lipinski definition) is 6. The minimum absolute atomic E-state index is 0.183. The van der Waals surface area contributed by atoms with Crippen LogP contribution in [0.4, 0.5) is 10.1 Å². The second kappa shape index (κ2) is 14.1. The van der Waals surface area contributed by atoms with Gasteiger partial charge in [-0.1, -0.05) is 26.0 Å². The molecule has 5 aromatic rings. The van der Waals surface area contributed by atoms with E-state index in [4.69, 9.17) is 14.5 Å². The van der Waals surface area contributed by atoms with Gasteiger partial charge >= 0.3 is 0 Å². The summed E-state index contributed by atoms with van der Waals surface area (Å²) in [5, 5.41) is 7.79. The Kier molecular flexibility index (Phi) is 10.2. The predicted molar refractivity (Wildman–Crippen MR) is 192 cm³/mol. The van der Waals surface area contributed by atoms with Crippen LogP contribution in [0.1, 0.15) is 36.5 Å². The monoisotopic (exact) mass is 830 g/mol. The van der Waals surface area contributed by atoms with E-state index in [1.54, 1.807) is 25.5 Å². The number of nitrogens with zero attached hydrogens (tertiary/aromatic N) is 3. The molecule has 45 heavy (non-hydrogen) atoms. The van der Waals surface area contributed by atoms with Crippen molar-refractivity contribution in [1.29, 1.82) is 0 Å². The molecule has 0 spiro atoms. The van der Waals surface area contributed by atoms with Crippen molar-refractivity contribution in [2.24, 2.45) is 5.10 Å². The number of para-hydroxylation sites is 1. The summed E-state index contributed by atoms with van der Waals surface area (Å²) in [6, 6.07) is 20.4. The minimum Gasteiger partial charge on any atom is -0.496 e. The van der Waals surface area contributed by atoms with Crippen molar-refractivity contribution in [1.82, 2.24) is 9.66 Å². The molecule has 1 heterocycles. The van der Waals surface area contributed by atoms with Crippen LogP contribution in [0.2, 0.25) is 0 Å². The number of aryl methyl sites for hydroxylation is 1. The first kappa shape index (κ1) is 32.5. The Hall–Kier alpha value is -3.85. The number of rotatable bonds is 9. The molecule has 0 saturated carbocycles. The van der Waals surface area contributed by atoms with E-state index in [0.717, 1.165) is 35.1 Å². The van der Waals surface area contributed by atoms with Crippen molar-refractivity contribution in [3.63, 3.8) is 0 Å². The lowest BCUT2D eigenvalue weighted by Gasteiger charge is -2.17. The summed E-state index contributed by atoms with van der Waals surface area (Å²) in [7, 11) is 1.65. The lowest BCUT2D eigenvalue weighted by molar-refractivity contribution is -0.118. The fourth-order valence-electron chi connectivity index (χ4n) is 4.76. The predicted octanol–water partition coefficient (Wildman–Crippen LogP) is 7.75. The first-order valence-electron chi connectivity index (χ1n) is 14.0. The molecule has 5 rings (SSSR count). The summed E-state index contributed by atoms with van der Waals surface area (Å²) in [4.78, 5) is 31.1. The number of aromatic nitrogens is 2. The summed E-state index contributed by atoms with van der Waals surface area (Å²) >= 11 is 4.27. The van der Waals surface area contributed by atoms with Gasteiger partial charge in [0.25, 0.3) is 11.5 Å². The largest absolute Gasteiger partial charge is 0.496 e. The van der Waals surface area contributed by atoms with Gasteiger partial charge in [-0.15, -0.1) is 0 Å². The van der Waals surface area contributed by atoms with Crippen molar-refractivity contribution in [2.75, 3.05) is 19.0 Å². The normalized spacial score (nSPS) is 11.4. The summed E-state index contributed by atoms with van der Waals surface area (Å²) in [5.41, 5.74) is 4.19. The number of carbonyl (C=O) groups excluding carboxylic acids is 1. The lowest BCUT2D eigenvalue weighted by atomic mass is 9.96. The molecular formula is C34H29FI2N4O4. The van der Waals surface area contributed by atoms with Gasteiger partial charge in [-0.25, -0.2) is 9.37 Å². The third-order valence-electron chi connectivity index (χ3n) is 7.01. The molecule has 0 unspecified atom stereocenters. The zero-order chi connectivity index (χ0) is 32.2. The van der Waals surface area contributed by atoms with E-state index in [9.17, 15) is 14.0 Å². The van der Waals surface area contributed by atoms with Crippen LogP contribution in [0.3, 0.4) is 0 Å². The van der Waals surface area contributed by atoms with Gasteiger partial charge in [-0.2, -0.15) is 9.78 Å². The summed E-state index contributed by atoms with van der Waals surface area (Å²) in [5.74, 6) is 1.18. The van der Waals surface area contributed by atoms with Gasteiger partial charge in [0.2, 0.25) is 0 Å². The molecule has 1 amide bonds. The molecule has 230 valence electrons. The van der Waals surface area contributed by atoms with Crippen molar-refractivity contribution in [3.8, 4) is 22.9 Å². The van der Waals surface area contributed by atoms with Crippen molar-refractivity contribution in [2.45, 2.75) is 26.7 Å². The molecule has 0 aliphatic rings. The second-order valence-electron chi connectivity index (χ2n) is 10.5. The van der Waals surface area contributed by atoms with E-state index in [2.05, 4.69) is 69.4 Å². The smallest absolute Gasteiger partial charge is 0.282 e. The van der Waals surface area contributed by atoms with Crippen LogP contribution in [-0.2, 0) is 4.79 Å². The average molecular weight is 830 g/mol. The van der Waals surface area contributed by atoms with E-state index in [1.165, 1.54) is 28.9 Å². The molecule has 0 saturated heterocycles. The number of amides is 1. The first-order chi connectivity index (χ1) is 21.5. The average Bonchev–Trinajstić information content (AvgIpc) is 3.01. The summed E-state index contributed by atoms with van der Waals surface area (Å²) < 4.78 is 27.5. The molecule has 0 bridgehead atoms. The number of carbonyl (C=O) groups is 1. The van der Waals surface area contributed by atoms with Crippen molar-refractivity contribution < 1.29 is 18.7 Å². The molecule has 0 aliphatic heterocycles. The number of benzene rings is 4. The maximum atomic E-state index is 13.8. The van der Waals surface area contributed by atoms with Crippen LogP contribution >= 0.6 is 45.2 Å². The molecule has 0 atom stereocenters. The topological polar surface area (TPSA) is 94.8 Å². The minimum atomic E-state index is -0.383. The van der Waals surface area contributed by atoms with E-state index < -0.39 is 0 Å². The van der Waals surface area contributed by atoms with E-state index in [0.29, 0.717) is 28.2 Å². The van der Waals surface area contributed by atoms with Crippen LogP contribution in [0.25, 0.3) is 22.3 Å². The van der Waals surface area contributed by atoms with Gasteiger partial charge in [0.15, 0.2) is 12.4 Å². The Morgan fingerprint density at radius 2 is 1.76 bits per heavy atom. The van der Waals surface area contributed by atoms with Gasteiger partial charge in [-0.05, 0) is 135 Å². The van der Waals surface area contributed by atoms with Gasteiger partial charge in [0.1, 0.15) is 17.3 Å². The third kappa shape index (κ3) is 7.35. The van der Waals surface area contributed by atoms with E-state index in [-0.39, 0.29) is 29.8 Å². The Labute approximate surface area is 287 Å². The molecule has 11 heteroatoms. The van der Waals surface area contributed by atoms with Crippen LogP contribution in [0.15, 0.2) is 82.7 Å². The molecule has 1 N–H and O–H groups in total. The second-order valence-corrected chi connectivity index (χ2v) is 12.9. The van der Waals surface area contributed by atoms with Gasteiger partial charge in [-0.3, -0.25) is 9.59 Å². The Morgan fingerprint density at radius 1 is 1.07 bits per heavy atom. The van der Waals surface area contributed by atoms with Crippen LogP contribution in [0.5, 0.6) is 11.5 Å². The maximum Gasteiger partial charge on any atom is 0.282 e. The van der Waals surface area contributed by atoms with Crippen molar-refractivity contribution >= 4 is 73.9 Å². The van der Waals surface area contributed by atoms with Crippen LogP contribution in [0, 0.1) is 19.9 Å². The molecule has 1 aromatic heterocycles. The highest BCUT2D eigenvalue weighted by Gasteiger charge is 2.19.